The molecule has 0 fully saturated rings. The zero-order valence-electron chi connectivity index (χ0n) is 11.7. The highest BCUT2D eigenvalue weighted by Crippen LogP contribution is 2.19. The van der Waals surface area contributed by atoms with Crippen molar-refractivity contribution in [3.63, 3.8) is 0 Å². The maximum Gasteiger partial charge on any atom is 0.360 e. The molecule has 0 saturated heterocycles. The summed E-state index contributed by atoms with van der Waals surface area (Å²) in [6.07, 6.45) is 2.89. The SMILES string of the molecule is CC#CCOC(=O)c1c(F)ncn1[C@H](C)c1ccccn1. The van der Waals surface area contributed by atoms with Crippen LogP contribution in [0, 0.1) is 17.8 Å². The minimum Gasteiger partial charge on any atom is -0.448 e. The molecular formula is C15H14FN3O2. The van der Waals surface area contributed by atoms with Crippen molar-refractivity contribution in [2.45, 2.75) is 19.9 Å². The van der Waals surface area contributed by atoms with Crippen molar-refractivity contribution in [2.75, 3.05) is 6.61 Å². The van der Waals surface area contributed by atoms with Gasteiger partial charge in [0.1, 0.15) is 0 Å². The molecule has 6 heteroatoms. The Balaban J connectivity index is 2.29. The minimum atomic E-state index is -0.868. The van der Waals surface area contributed by atoms with Gasteiger partial charge in [-0.1, -0.05) is 12.0 Å². The van der Waals surface area contributed by atoms with Gasteiger partial charge in [-0.2, -0.15) is 4.39 Å². The van der Waals surface area contributed by atoms with Gasteiger partial charge in [0.2, 0.25) is 5.95 Å². The molecule has 0 bridgehead atoms. The zero-order chi connectivity index (χ0) is 15.2. The number of hydrogen-bond acceptors (Lipinski definition) is 4. The Bertz CT molecular complexity index is 686. The summed E-state index contributed by atoms with van der Waals surface area (Å²) in [6.45, 7) is 3.34. The number of aromatic nitrogens is 3. The van der Waals surface area contributed by atoms with Gasteiger partial charge in [0.15, 0.2) is 12.3 Å². The number of carbonyl (C=O) groups excluding carboxylic acids is 1. The van der Waals surface area contributed by atoms with E-state index in [4.69, 9.17) is 4.74 Å². The van der Waals surface area contributed by atoms with Gasteiger partial charge < -0.3 is 9.30 Å². The number of rotatable bonds is 4. The minimum absolute atomic E-state index is 0.0854. The van der Waals surface area contributed by atoms with Gasteiger partial charge in [-0.3, -0.25) is 4.98 Å². The van der Waals surface area contributed by atoms with E-state index in [0.29, 0.717) is 5.69 Å². The van der Waals surface area contributed by atoms with Crippen molar-refractivity contribution in [1.29, 1.82) is 0 Å². The third-order valence-corrected chi connectivity index (χ3v) is 2.93. The number of nitrogens with zero attached hydrogens (tertiary/aromatic N) is 3. The Labute approximate surface area is 121 Å². The molecule has 2 aromatic rings. The highest BCUT2D eigenvalue weighted by molar-refractivity contribution is 5.87. The molecule has 0 aromatic carbocycles. The first-order valence-electron chi connectivity index (χ1n) is 6.35. The van der Waals surface area contributed by atoms with E-state index >= 15 is 0 Å². The number of imidazole rings is 1. The fourth-order valence-electron chi connectivity index (χ4n) is 1.83. The predicted octanol–water partition coefficient (Wildman–Crippen LogP) is 2.21. The highest BCUT2D eigenvalue weighted by Gasteiger charge is 2.24. The number of halogens is 1. The first kappa shape index (κ1) is 14.7. The molecule has 0 unspecified atom stereocenters. The van der Waals surface area contributed by atoms with E-state index < -0.39 is 11.9 Å². The molecular weight excluding hydrogens is 273 g/mol. The average molecular weight is 287 g/mol. The van der Waals surface area contributed by atoms with Gasteiger partial charge in [0.25, 0.3) is 0 Å². The molecule has 5 nitrogen and oxygen atoms in total. The van der Waals surface area contributed by atoms with Crippen LogP contribution in [-0.4, -0.2) is 27.1 Å². The molecule has 0 radical (unpaired) electrons. The van der Waals surface area contributed by atoms with Gasteiger partial charge in [-0.15, -0.1) is 5.92 Å². The van der Waals surface area contributed by atoms with Crippen molar-refractivity contribution >= 4 is 5.97 Å². The summed E-state index contributed by atoms with van der Waals surface area (Å²) in [6, 6.07) is 5.05. The summed E-state index contributed by atoms with van der Waals surface area (Å²) in [4.78, 5) is 19.7. The molecule has 21 heavy (non-hydrogen) atoms. The number of esters is 1. The molecule has 1 atom stereocenters. The van der Waals surface area contributed by atoms with Gasteiger partial charge in [0, 0.05) is 6.20 Å². The molecule has 2 aromatic heterocycles. The van der Waals surface area contributed by atoms with E-state index in [2.05, 4.69) is 21.8 Å². The Kier molecular flexibility index (Phi) is 4.67. The monoisotopic (exact) mass is 287 g/mol. The van der Waals surface area contributed by atoms with Crippen LogP contribution in [-0.2, 0) is 4.74 Å². The average Bonchev–Trinajstić information content (AvgIpc) is 2.89. The number of pyridine rings is 1. The second kappa shape index (κ2) is 6.66. The maximum atomic E-state index is 13.8. The normalized spacial score (nSPS) is 11.4. The second-order valence-corrected chi connectivity index (χ2v) is 4.22. The standard InChI is InChI=1S/C15H14FN3O2/c1-3-4-9-21-15(20)13-14(16)18-10-19(13)11(2)12-7-5-6-8-17-12/h5-8,10-11H,9H2,1-2H3/t11-/m1/s1. The van der Waals surface area contributed by atoms with Crippen molar-refractivity contribution < 1.29 is 13.9 Å². The number of ether oxygens (including phenoxy) is 1. The van der Waals surface area contributed by atoms with Crippen LogP contribution in [0.1, 0.15) is 36.1 Å². The largest absolute Gasteiger partial charge is 0.448 e. The fraction of sp³-hybridized carbons (Fsp3) is 0.267. The van der Waals surface area contributed by atoms with Crippen LogP contribution in [0.15, 0.2) is 30.7 Å². The number of carbonyl (C=O) groups is 1. The molecule has 0 aliphatic carbocycles. The quantitative estimate of drug-likeness (QED) is 0.639. The van der Waals surface area contributed by atoms with Crippen LogP contribution in [0.3, 0.4) is 0 Å². The topological polar surface area (TPSA) is 57.0 Å². The van der Waals surface area contributed by atoms with E-state index in [1.807, 2.05) is 6.07 Å². The molecule has 2 rings (SSSR count). The molecule has 2 heterocycles. The Morgan fingerprint density at radius 3 is 2.95 bits per heavy atom. The molecule has 0 spiro atoms. The van der Waals surface area contributed by atoms with E-state index in [0.717, 1.165) is 0 Å². The predicted molar refractivity (Wildman–Crippen MR) is 74.0 cm³/mol. The van der Waals surface area contributed by atoms with Crippen LogP contribution in [0.2, 0.25) is 0 Å². The van der Waals surface area contributed by atoms with Crippen LogP contribution in [0.5, 0.6) is 0 Å². The van der Waals surface area contributed by atoms with Crippen LogP contribution < -0.4 is 0 Å². The summed E-state index contributed by atoms with van der Waals surface area (Å²) >= 11 is 0. The maximum absolute atomic E-state index is 13.8. The summed E-state index contributed by atoms with van der Waals surface area (Å²) in [5.74, 6) is 3.51. The highest BCUT2D eigenvalue weighted by atomic mass is 19.1. The third kappa shape index (κ3) is 3.26. The molecule has 108 valence electrons. The zero-order valence-corrected chi connectivity index (χ0v) is 11.7. The van der Waals surface area contributed by atoms with E-state index in [1.165, 1.54) is 10.9 Å². The van der Waals surface area contributed by atoms with Crippen molar-refractivity contribution in [2.24, 2.45) is 0 Å². The van der Waals surface area contributed by atoms with Gasteiger partial charge in [-0.25, -0.2) is 9.78 Å². The van der Waals surface area contributed by atoms with Crippen molar-refractivity contribution in [3.05, 3.63) is 48.1 Å². The lowest BCUT2D eigenvalue weighted by molar-refractivity contribution is 0.0537. The van der Waals surface area contributed by atoms with Crippen molar-refractivity contribution in [3.8, 4) is 11.8 Å². The molecule has 0 amide bonds. The lowest BCUT2D eigenvalue weighted by Gasteiger charge is -2.15. The lowest BCUT2D eigenvalue weighted by Crippen LogP contribution is -2.17. The van der Waals surface area contributed by atoms with Gasteiger partial charge >= 0.3 is 5.97 Å². The Morgan fingerprint density at radius 1 is 1.48 bits per heavy atom. The first-order chi connectivity index (χ1) is 10.1. The molecule has 0 aliphatic heterocycles. The smallest absolute Gasteiger partial charge is 0.360 e. The second-order valence-electron chi connectivity index (χ2n) is 4.22. The van der Waals surface area contributed by atoms with Crippen LogP contribution >= 0.6 is 0 Å². The molecule has 0 saturated carbocycles. The summed E-state index contributed by atoms with van der Waals surface area (Å²) in [5, 5.41) is 0. The van der Waals surface area contributed by atoms with Crippen LogP contribution in [0.4, 0.5) is 4.39 Å². The van der Waals surface area contributed by atoms with Gasteiger partial charge in [-0.05, 0) is 26.0 Å². The van der Waals surface area contributed by atoms with Crippen LogP contribution in [0.25, 0.3) is 0 Å². The summed E-state index contributed by atoms with van der Waals surface area (Å²) in [7, 11) is 0. The fourth-order valence-corrected chi connectivity index (χ4v) is 1.83. The summed E-state index contributed by atoms with van der Waals surface area (Å²) in [5.41, 5.74) is 0.461. The van der Waals surface area contributed by atoms with E-state index in [9.17, 15) is 9.18 Å². The van der Waals surface area contributed by atoms with Crippen molar-refractivity contribution in [1.82, 2.24) is 14.5 Å². The molecule has 0 aliphatic rings. The summed E-state index contributed by atoms with van der Waals surface area (Å²) < 4.78 is 20.1. The first-order valence-corrected chi connectivity index (χ1v) is 6.35. The van der Waals surface area contributed by atoms with Gasteiger partial charge in [0.05, 0.1) is 18.1 Å². The molecule has 0 N–H and O–H groups in total. The number of hydrogen-bond donors (Lipinski definition) is 0. The van der Waals surface area contributed by atoms with E-state index in [1.54, 1.807) is 32.2 Å². The third-order valence-electron chi connectivity index (χ3n) is 2.93. The Morgan fingerprint density at radius 2 is 2.29 bits per heavy atom. The Hall–Kier alpha value is -2.68. The lowest BCUT2D eigenvalue weighted by atomic mass is 10.2. The van der Waals surface area contributed by atoms with E-state index in [-0.39, 0.29) is 18.3 Å².